The third-order valence-electron chi connectivity index (χ3n) is 3.92. The van der Waals surface area contributed by atoms with Gasteiger partial charge in [0, 0.05) is 12.6 Å². The molecule has 0 heterocycles. The van der Waals surface area contributed by atoms with Gasteiger partial charge in [-0.15, -0.1) is 0 Å². The molecule has 1 N–H and O–H groups in total. The molecule has 1 aliphatic rings. The van der Waals surface area contributed by atoms with Crippen molar-refractivity contribution in [3.8, 4) is 5.75 Å². The molecular formula is C17H27NO2. The Bertz CT molecular complexity index is 406. The molecule has 0 saturated heterocycles. The van der Waals surface area contributed by atoms with Gasteiger partial charge in [0.2, 0.25) is 0 Å². The SMILES string of the molecule is CCCCOCCOc1ccc2c(c1)CCCC2NC. The van der Waals surface area contributed by atoms with Crippen LogP contribution in [0.2, 0.25) is 0 Å². The highest BCUT2D eigenvalue weighted by Gasteiger charge is 2.18. The average Bonchev–Trinajstić information content (AvgIpc) is 2.50. The van der Waals surface area contributed by atoms with Crippen molar-refractivity contribution < 1.29 is 9.47 Å². The fourth-order valence-electron chi connectivity index (χ4n) is 2.75. The van der Waals surface area contributed by atoms with Crippen molar-refractivity contribution in [2.24, 2.45) is 0 Å². The normalized spacial score (nSPS) is 17.8. The monoisotopic (exact) mass is 277 g/mol. The Labute approximate surface area is 122 Å². The van der Waals surface area contributed by atoms with Crippen LogP contribution in [0.5, 0.6) is 5.75 Å². The molecular weight excluding hydrogens is 250 g/mol. The maximum Gasteiger partial charge on any atom is 0.119 e. The third-order valence-corrected chi connectivity index (χ3v) is 3.92. The topological polar surface area (TPSA) is 30.5 Å². The van der Waals surface area contributed by atoms with Crippen LogP contribution in [-0.4, -0.2) is 26.9 Å². The number of aryl methyl sites for hydroxylation is 1. The van der Waals surface area contributed by atoms with E-state index in [-0.39, 0.29) is 0 Å². The van der Waals surface area contributed by atoms with E-state index in [1.807, 2.05) is 7.05 Å². The average molecular weight is 277 g/mol. The van der Waals surface area contributed by atoms with Crippen molar-refractivity contribution in [1.29, 1.82) is 0 Å². The van der Waals surface area contributed by atoms with Crippen LogP contribution in [0, 0.1) is 0 Å². The van der Waals surface area contributed by atoms with Crippen molar-refractivity contribution in [3.05, 3.63) is 29.3 Å². The molecule has 0 spiro atoms. The molecule has 1 unspecified atom stereocenters. The number of ether oxygens (including phenoxy) is 2. The Morgan fingerprint density at radius 1 is 1.25 bits per heavy atom. The molecule has 0 radical (unpaired) electrons. The minimum absolute atomic E-state index is 0.505. The Kier molecular flexibility index (Phi) is 6.34. The summed E-state index contributed by atoms with van der Waals surface area (Å²) in [6, 6.07) is 7.00. The van der Waals surface area contributed by atoms with E-state index in [1.54, 1.807) is 0 Å². The Hall–Kier alpha value is -1.06. The minimum Gasteiger partial charge on any atom is -0.491 e. The number of hydrogen-bond acceptors (Lipinski definition) is 3. The van der Waals surface area contributed by atoms with Crippen molar-refractivity contribution in [2.75, 3.05) is 26.9 Å². The minimum atomic E-state index is 0.505. The van der Waals surface area contributed by atoms with E-state index < -0.39 is 0 Å². The van der Waals surface area contributed by atoms with Gasteiger partial charge in [-0.3, -0.25) is 0 Å². The molecule has 0 aliphatic heterocycles. The maximum atomic E-state index is 5.78. The highest BCUT2D eigenvalue weighted by molar-refractivity contribution is 5.39. The number of hydrogen-bond donors (Lipinski definition) is 1. The van der Waals surface area contributed by atoms with Gasteiger partial charge in [-0.2, -0.15) is 0 Å². The lowest BCUT2D eigenvalue weighted by molar-refractivity contribution is 0.0980. The van der Waals surface area contributed by atoms with Crippen LogP contribution in [-0.2, 0) is 11.2 Å². The molecule has 1 atom stereocenters. The van der Waals surface area contributed by atoms with Crippen molar-refractivity contribution in [1.82, 2.24) is 5.32 Å². The molecule has 0 fully saturated rings. The molecule has 112 valence electrons. The number of unbranched alkanes of at least 4 members (excludes halogenated alkanes) is 1. The lowest BCUT2D eigenvalue weighted by Gasteiger charge is -2.25. The maximum absolute atomic E-state index is 5.78. The Morgan fingerprint density at radius 3 is 2.95 bits per heavy atom. The van der Waals surface area contributed by atoms with E-state index >= 15 is 0 Å². The molecule has 0 amide bonds. The fraction of sp³-hybridized carbons (Fsp3) is 0.647. The highest BCUT2D eigenvalue weighted by Crippen LogP contribution is 2.31. The van der Waals surface area contributed by atoms with E-state index in [9.17, 15) is 0 Å². The number of fused-ring (bicyclic) bond motifs is 1. The quantitative estimate of drug-likeness (QED) is 0.738. The summed E-state index contributed by atoms with van der Waals surface area (Å²) in [6.45, 7) is 4.33. The smallest absolute Gasteiger partial charge is 0.119 e. The van der Waals surface area contributed by atoms with Gasteiger partial charge in [0.05, 0.1) is 6.61 Å². The summed E-state index contributed by atoms with van der Waals surface area (Å²) in [7, 11) is 2.04. The first kappa shape index (κ1) is 15.3. The molecule has 0 aromatic heterocycles. The largest absolute Gasteiger partial charge is 0.491 e. The van der Waals surface area contributed by atoms with Crippen molar-refractivity contribution >= 4 is 0 Å². The van der Waals surface area contributed by atoms with Gasteiger partial charge in [0.1, 0.15) is 12.4 Å². The zero-order chi connectivity index (χ0) is 14.2. The standard InChI is InChI=1S/C17H27NO2/c1-3-4-10-19-11-12-20-15-8-9-16-14(13-15)6-5-7-17(16)18-2/h8-9,13,17-18H,3-7,10-12H2,1-2H3. The second-order valence-electron chi connectivity index (χ2n) is 5.41. The van der Waals surface area contributed by atoms with Crippen LogP contribution in [0.4, 0.5) is 0 Å². The van der Waals surface area contributed by atoms with Crippen LogP contribution >= 0.6 is 0 Å². The molecule has 0 saturated carbocycles. The number of benzene rings is 1. The van der Waals surface area contributed by atoms with Gasteiger partial charge in [-0.25, -0.2) is 0 Å². The van der Waals surface area contributed by atoms with Crippen molar-refractivity contribution in [3.63, 3.8) is 0 Å². The van der Waals surface area contributed by atoms with Crippen LogP contribution in [0.25, 0.3) is 0 Å². The highest BCUT2D eigenvalue weighted by atomic mass is 16.5. The summed E-state index contributed by atoms with van der Waals surface area (Å²) in [6.07, 6.45) is 5.96. The van der Waals surface area contributed by atoms with Crippen LogP contribution in [0.1, 0.15) is 49.8 Å². The van der Waals surface area contributed by atoms with Crippen LogP contribution in [0.3, 0.4) is 0 Å². The number of nitrogens with one attached hydrogen (secondary N) is 1. The van der Waals surface area contributed by atoms with E-state index in [0.717, 1.165) is 25.2 Å². The molecule has 2 rings (SSSR count). The third kappa shape index (κ3) is 4.22. The predicted molar refractivity (Wildman–Crippen MR) is 82.4 cm³/mol. The molecule has 1 aliphatic carbocycles. The van der Waals surface area contributed by atoms with E-state index in [0.29, 0.717) is 19.3 Å². The van der Waals surface area contributed by atoms with Crippen LogP contribution < -0.4 is 10.1 Å². The summed E-state index contributed by atoms with van der Waals surface area (Å²) in [5.41, 5.74) is 2.87. The zero-order valence-corrected chi connectivity index (χ0v) is 12.8. The second kappa shape index (κ2) is 8.28. The molecule has 3 nitrogen and oxygen atoms in total. The first-order chi connectivity index (χ1) is 9.85. The summed E-state index contributed by atoms with van der Waals surface area (Å²) >= 11 is 0. The van der Waals surface area contributed by atoms with Crippen LogP contribution in [0.15, 0.2) is 18.2 Å². The second-order valence-corrected chi connectivity index (χ2v) is 5.41. The molecule has 1 aromatic rings. The summed E-state index contributed by atoms with van der Waals surface area (Å²) < 4.78 is 11.3. The summed E-state index contributed by atoms with van der Waals surface area (Å²) in [5.74, 6) is 0.972. The summed E-state index contributed by atoms with van der Waals surface area (Å²) in [5, 5.41) is 3.39. The van der Waals surface area contributed by atoms with Gasteiger partial charge < -0.3 is 14.8 Å². The van der Waals surface area contributed by atoms with Gasteiger partial charge in [-0.05, 0) is 56.0 Å². The first-order valence-corrected chi connectivity index (χ1v) is 7.85. The molecule has 0 bridgehead atoms. The van der Waals surface area contributed by atoms with Gasteiger partial charge in [0.15, 0.2) is 0 Å². The van der Waals surface area contributed by atoms with E-state index in [4.69, 9.17) is 9.47 Å². The van der Waals surface area contributed by atoms with Gasteiger partial charge in [0.25, 0.3) is 0 Å². The zero-order valence-electron chi connectivity index (χ0n) is 12.8. The van der Waals surface area contributed by atoms with E-state index in [1.165, 1.54) is 30.4 Å². The Balaban J connectivity index is 1.82. The first-order valence-electron chi connectivity index (χ1n) is 7.85. The van der Waals surface area contributed by atoms with Crippen molar-refractivity contribution in [2.45, 2.75) is 45.1 Å². The Morgan fingerprint density at radius 2 is 2.15 bits per heavy atom. The fourth-order valence-corrected chi connectivity index (χ4v) is 2.75. The lowest BCUT2D eigenvalue weighted by atomic mass is 9.87. The predicted octanol–water partition coefficient (Wildman–Crippen LogP) is 3.48. The molecule has 1 aromatic carbocycles. The molecule has 3 heteroatoms. The molecule has 20 heavy (non-hydrogen) atoms. The van der Waals surface area contributed by atoms with E-state index in [2.05, 4.69) is 30.4 Å². The number of rotatable bonds is 8. The van der Waals surface area contributed by atoms with Gasteiger partial charge >= 0.3 is 0 Å². The summed E-state index contributed by atoms with van der Waals surface area (Å²) in [4.78, 5) is 0. The van der Waals surface area contributed by atoms with Gasteiger partial charge in [-0.1, -0.05) is 19.4 Å². The lowest BCUT2D eigenvalue weighted by Crippen LogP contribution is -2.21.